The zero-order chi connectivity index (χ0) is 11.6. The van der Waals surface area contributed by atoms with E-state index in [2.05, 4.69) is 18.4 Å². The largest absolute Gasteiger partial charge is 0.381 e. The highest BCUT2D eigenvalue weighted by atomic mass is 16.3. The monoisotopic (exact) mass is 210 g/mol. The highest BCUT2D eigenvalue weighted by Gasteiger charge is 2.19. The summed E-state index contributed by atoms with van der Waals surface area (Å²) < 4.78 is 0. The lowest BCUT2D eigenvalue weighted by Gasteiger charge is -2.18. The summed E-state index contributed by atoms with van der Waals surface area (Å²) in [7, 11) is 0. The Morgan fingerprint density at radius 3 is 2.56 bits per heavy atom. The van der Waals surface area contributed by atoms with Crippen LogP contribution in [0.4, 0.5) is 0 Å². The minimum absolute atomic E-state index is 0.849. The first-order chi connectivity index (χ1) is 7.63. The van der Waals surface area contributed by atoms with E-state index < -0.39 is 5.60 Å². The predicted molar refractivity (Wildman–Crippen MR) is 67.2 cm³/mol. The third kappa shape index (κ3) is 1.92. The normalized spacial score (nSPS) is 14.1. The van der Waals surface area contributed by atoms with Crippen LogP contribution in [0.15, 0.2) is 60.9 Å². The molecule has 0 bridgehead atoms. The van der Waals surface area contributed by atoms with Crippen molar-refractivity contribution in [2.75, 3.05) is 0 Å². The topological polar surface area (TPSA) is 20.2 Å². The quantitative estimate of drug-likeness (QED) is 0.753. The number of fused-ring (bicyclic) bond motifs is 1. The van der Waals surface area contributed by atoms with Gasteiger partial charge in [-0.3, -0.25) is 0 Å². The molecule has 1 heteroatoms. The first-order valence-electron chi connectivity index (χ1n) is 5.22. The zero-order valence-corrected chi connectivity index (χ0v) is 9.27. The van der Waals surface area contributed by atoms with Crippen LogP contribution in [0, 0.1) is 0 Å². The molecule has 2 aromatic rings. The number of aliphatic hydroxyl groups is 1. The molecule has 2 rings (SSSR count). The molecule has 1 N–H and O–H groups in total. The van der Waals surface area contributed by atoms with E-state index in [0.717, 1.165) is 10.9 Å². The minimum atomic E-state index is -1.01. The van der Waals surface area contributed by atoms with Gasteiger partial charge in [0, 0.05) is 0 Å². The average Bonchev–Trinajstić information content (AvgIpc) is 2.28. The molecule has 0 radical (unpaired) electrons. The molecule has 0 fully saturated rings. The molecule has 0 aliphatic rings. The first kappa shape index (κ1) is 10.7. The third-order valence-electron chi connectivity index (χ3n) is 2.72. The Morgan fingerprint density at radius 1 is 1.19 bits per heavy atom. The van der Waals surface area contributed by atoms with Crippen molar-refractivity contribution in [3.63, 3.8) is 0 Å². The molecule has 1 nitrogen and oxygen atoms in total. The van der Waals surface area contributed by atoms with E-state index >= 15 is 0 Å². The molecule has 0 aliphatic carbocycles. The molecule has 0 aliphatic heterocycles. The van der Waals surface area contributed by atoms with Gasteiger partial charge in [-0.25, -0.2) is 0 Å². The average molecular weight is 210 g/mol. The fourth-order valence-corrected chi connectivity index (χ4v) is 1.79. The van der Waals surface area contributed by atoms with Crippen molar-refractivity contribution in [2.24, 2.45) is 0 Å². The summed E-state index contributed by atoms with van der Waals surface area (Å²) in [4.78, 5) is 0. The maximum atomic E-state index is 10.2. The van der Waals surface area contributed by atoms with Gasteiger partial charge in [-0.05, 0) is 35.4 Å². The fourth-order valence-electron chi connectivity index (χ4n) is 1.79. The third-order valence-corrected chi connectivity index (χ3v) is 2.72. The number of benzene rings is 2. The Balaban J connectivity index is 2.59. The number of hydrogen-bond acceptors (Lipinski definition) is 1. The predicted octanol–water partition coefficient (Wildman–Crippen LogP) is 3.39. The molecule has 0 spiro atoms. The smallest absolute Gasteiger partial charge is 0.112 e. The second-order valence-corrected chi connectivity index (χ2v) is 4.06. The van der Waals surface area contributed by atoms with Gasteiger partial charge in [-0.1, -0.05) is 43.0 Å². The van der Waals surface area contributed by atoms with Crippen molar-refractivity contribution >= 4 is 10.8 Å². The summed E-state index contributed by atoms with van der Waals surface area (Å²) in [5.74, 6) is 0. The van der Waals surface area contributed by atoms with Crippen LogP contribution in [0.2, 0.25) is 0 Å². The Hall–Kier alpha value is -1.82. The zero-order valence-electron chi connectivity index (χ0n) is 9.27. The van der Waals surface area contributed by atoms with E-state index in [0.29, 0.717) is 0 Å². The minimum Gasteiger partial charge on any atom is -0.381 e. The van der Waals surface area contributed by atoms with E-state index in [1.807, 2.05) is 36.4 Å². The molecule has 1 atom stereocenters. The van der Waals surface area contributed by atoms with Gasteiger partial charge in [-0.2, -0.15) is 0 Å². The standard InChI is InChI=1S/C15H14O/c1-3-10-15(2,16)14-9-8-12-6-4-5-7-13(12)11-14/h4-11,16H,1H2,2H3. The molecule has 16 heavy (non-hydrogen) atoms. The summed E-state index contributed by atoms with van der Waals surface area (Å²) in [6, 6.07) is 14.0. The highest BCUT2D eigenvalue weighted by Crippen LogP contribution is 2.25. The van der Waals surface area contributed by atoms with Crippen LogP contribution in [-0.2, 0) is 5.60 Å². The molecule has 0 amide bonds. The number of rotatable bonds is 2. The highest BCUT2D eigenvalue weighted by molar-refractivity contribution is 5.83. The Labute approximate surface area is 95.4 Å². The lowest BCUT2D eigenvalue weighted by molar-refractivity contribution is 0.111. The van der Waals surface area contributed by atoms with Gasteiger partial charge in [0.1, 0.15) is 5.60 Å². The first-order valence-corrected chi connectivity index (χ1v) is 5.22. The van der Waals surface area contributed by atoms with Gasteiger partial charge in [0.15, 0.2) is 0 Å². The van der Waals surface area contributed by atoms with Crippen molar-refractivity contribution in [3.05, 3.63) is 66.4 Å². The molecule has 2 aromatic carbocycles. The molecule has 80 valence electrons. The summed E-state index contributed by atoms with van der Waals surface area (Å²) >= 11 is 0. The molecule has 0 saturated carbocycles. The summed E-state index contributed by atoms with van der Waals surface area (Å²) in [6.07, 6.45) is 1.57. The fraction of sp³-hybridized carbons (Fsp3) is 0.133. The summed E-state index contributed by atoms with van der Waals surface area (Å²) in [5.41, 5.74) is 2.47. The van der Waals surface area contributed by atoms with Crippen LogP contribution >= 0.6 is 0 Å². The Morgan fingerprint density at radius 2 is 1.88 bits per heavy atom. The Bertz CT molecular complexity index is 560. The number of hydrogen-bond donors (Lipinski definition) is 1. The van der Waals surface area contributed by atoms with Gasteiger partial charge < -0.3 is 5.11 Å². The molecule has 0 saturated heterocycles. The lowest BCUT2D eigenvalue weighted by Crippen LogP contribution is -2.17. The van der Waals surface area contributed by atoms with Crippen molar-refractivity contribution in [3.8, 4) is 0 Å². The molecule has 0 aromatic heterocycles. The summed E-state index contributed by atoms with van der Waals surface area (Å²) in [6.45, 7) is 5.22. The van der Waals surface area contributed by atoms with Crippen LogP contribution < -0.4 is 0 Å². The maximum absolute atomic E-state index is 10.2. The van der Waals surface area contributed by atoms with E-state index in [1.165, 1.54) is 5.39 Å². The van der Waals surface area contributed by atoms with Crippen molar-refractivity contribution in [2.45, 2.75) is 12.5 Å². The molecule has 1 unspecified atom stereocenters. The maximum Gasteiger partial charge on any atom is 0.112 e. The van der Waals surface area contributed by atoms with Gasteiger partial charge in [-0.15, -0.1) is 5.73 Å². The van der Waals surface area contributed by atoms with Crippen LogP contribution in [0.25, 0.3) is 10.8 Å². The van der Waals surface area contributed by atoms with Crippen molar-refractivity contribution < 1.29 is 5.11 Å². The molecular weight excluding hydrogens is 196 g/mol. The van der Waals surface area contributed by atoms with E-state index in [9.17, 15) is 5.11 Å². The van der Waals surface area contributed by atoms with E-state index in [-0.39, 0.29) is 0 Å². The lowest BCUT2D eigenvalue weighted by atomic mass is 9.94. The SMILES string of the molecule is C=C=CC(C)(O)c1ccc2ccccc2c1. The molecule has 0 heterocycles. The van der Waals surface area contributed by atoms with Crippen molar-refractivity contribution in [1.82, 2.24) is 0 Å². The van der Waals surface area contributed by atoms with Crippen molar-refractivity contribution in [1.29, 1.82) is 0 Å². The van der Waals surface area contributed by atoms with Crippen LogP contribution in [0.1, 0.15) is 12.5 Å². The second-order valence-electron chi connectivity index (χ2n) is 4.06. The van der Waals surface area contributed by atoms with Crippen LogP contribution in [0.3, 0.4) is 0 Å². The van der Waals surface area contributed by atoms with Gasteiger partial charge in [0.05, 0.1) is 0 Å². The van der Waals surface area contributed by atoms with Gasteiger partial charge in [0.25, 0.3) is 0 Å². The summed E-state index contributed by atoms with van der Waals surface area (Å²) in [5, 5.41) is 12.5. The van der Waals surface area contributed by atoms with E-state index in [4.69, 9.17) is 0 Å². The van der Waals surface area contributed by atoms with E-state index in [1.54, 1.807) is 13.0 Å². The second kappa shape index (κ2) is 3.97. The van der Waals surface area contributed by atoms with Gasteiger partial charge in [0.2, 0.25) is 0 Å². The van der Waals surface area contributed by atoms with Crippen LogP contribution in [-0.4, -0.2) is 5.11 Å². The van der Waals surface area contributed by atoms with Gasteiger partial charge >= 0.3 is 0 Å². The molecular formula is C15H14O. The van der Waals surface area contributed by atoms with Crippen LogP contribution in [0.5, 0.6) is 0 Å². The Kier molecular flexibility index (Phi) is 2.66.